The number of aryl methyl sites for hydroxylation is 1. The minimum atomic E-state index is -0.276. The first-order valence-corrected chi connectivity index (χ1v) is 8.57. The number of hydrogen-bond donors (Lipinski definition) is 1. The lowest BCUT2D eigenvalue weighted by Crippen LogP contribution is -2.20. The fraction of sp³-hybridized carbons (Fsp3) is 0.111. The molecule has 24 heavy (non-hydrogen) atoms. The highest BCUT2D eigenvalue weighted by Gasteiger charge is 2.10. The third-order valence-electron chi connectivity index (χ3n) is 3.27. The number of halogens is 1. The molecule has 0 aliphatic rings. The van der Waals surface area contributed by atoms with Crippen LogP contribution in [0.4, 0.5) is 5.13 Å². The molecule has 1 amide bonds. The van der Waals surface area contributed by atoms with E-state index in [2.05, 4.69) is 10.3 Å². The molecule has 0 saturated heterocycles. The first kappa shape index (κ1) is 16.5. The van der Waals surface area contributed by atoms with Crippen molar-refractivity contribution in [2.75, 3.05) is 11.9 Å². The SMILES string of the molecule is Cc1ccc(Cl)c(OCC(=O)Nc2nc(-c3ccccc3)cs2)c1. The van der Waals surface area contributed by atoms with Gasteiger partial charge in [0.2, 0.25) is 0 Å². The number of aromatic nitrogens is 1. The lowest BCUT2D eigenvalue weighted by atomic mass is 10.2. The van der Waals surface area contributed by atoms with E-state index in [1.807, 2.05) is 48.7 Å². The molecule has 1 N–H and O–H groups in total. The van der Waals surface area contributed by atoms with E-state index < -0.39 is 0 Å². The second kappa shape index (κ2) is 7.47. The van der Waals surface area contributed by atoms with Crippen molar-refractivity contribution in [1.29, 1.82) is 0 Å². The molecule has 122 valence electrons. The van der Waals surface area contributed by atoms with Gasteiger partial charge in [0.25, 0.3) is 5.91 Å². The van der Waals surface area contributed by atoms with Crippen molar-refractivity contribution in [3.05, 3.63) is 64.5 Å². The monoisotopic (exact) mass is 358 g/mol. The van der Waals surface area contributed by atoms with E-state index in [4.69, 9.17) is 16.3 Å². The topological polar surface area (TPSA) is 51.2 Å². The summed E-state index contributed by atoms with van der Waals surface area (Å²) in [4.78, 5) is 16.4. The fourth-order valence-electron chi connectivity index (χ4n) is 2.09. The Labute approximate surface area is 149 Å². The third kappa shape index (κ3) is 4.13. The van der Waals surface area contributed by atoms with Gasteiger partial charge in [0.1, 0.15) is 5.75 Å². The summed E-state index contributed by atoms with van der Waals surface area (Å²) in [6.45, 7) is 1.81. The minimum Gasteiger partial charge on any atom is -0.482 e. The average molecular weight is 359 g/mol. The van der Waals surface area contributed by atoms with E-state index in [9.17, 15) is 4.79 Å². The Balaban J connectivity index is 1.59. The number of carbonyl (C=O) groups is 1. The average Bonchev–Trinajstić information content (AvgIpc) is 3.05. The number of carbonyl (C=O) groups excluding carboxylic acids is 1. The Kier molecular flexibility index (Phi) is 5.13. The van der Waals surface area contributed by atoms with Gasteiger partial charge in [0.15, 0.2) is 11.7 Å². The number of amides is 1. The third-order valence-corrected chi connectivity index (χ3v) is 4.34. The maximum Gasteiger partial charge on any atom is 0.264 e. The summed E-state index contributed by atoms with van der Waals surface area (Å²) in [6, 6.07) is 15.2. The van der Waals surface area contributed by atoms with Crippen LogP contribution in [0.5, 0.6) is 5.75 Å². The van der Waals surface area contributed by atoms with Gasteiger partial charge in [0, 0.05) is 10.9 Å². The summed E-state index contributed by atoms with van der Waals surface area (Å²) in [5.41, 5.74) is 2.86. The Bertz CT molecular complexity index is 849. The van der Waals surface area contributed by atoms with E-state index in [0.717, 1.165) is 16.8 Å². The molecule has 3 rings (SSSR count). The molecule has 0 spiro atoms. The van der Waals surface area contributed by atoms with Crippen LogP contribution in [0.2, 0.25) is 5.02 Å². The molecule has 2 aromatic carbocycles. The number of anilines is 1. The van der Waals surface area contributed by atoms with Crippen LogP contribution in [0.1, 0.15) is 5.56 Å². The predicted octanol–water partition coefficient (Wildman–Crippen LogP) is 4.79. The smallest absolute Gasteiger partial charge is 0.264 e. The highest BCUT2D eigenvalue weighted by Crippen LogP contribution is 2.26. The van der Waals surface area contributed by atoms with Crippen molar-refractivity contribution in [3.8, 4) is 17.0 Å². The molecule has 0 aliphatic carbocycles. The van der Waals surface area contributed by atoms with Gasteiger partial charge >= 0.3 is 0 Å². The number of ether oxygens (including phenoxy) is 1. The molecular weight excluding hydrogens is 344 g/mol. The molecule has 6 heteroatoms. The van der Waals surface area contributed by atoms with Crippen LogP contribution >= 0.6 is 22.9 Å². The lowest BCUT2D eigenvalue weighted by molar-refractivity contribution is -0.118. The molecule has 1 heterocycles. The van der Waals surface area contributed by atoms with Gasteiger partial charge in [-0.3, -0.25) is 10.1 Å². The lowest BCUT2D eigenvalue weighted by Gasteiger charge is -2.08. The molecule has 1 aromatic heterocycles. The Morgan fingerprint density at radius 2 is 2.04 bits per heavy atom. The van der Waals surface area contributed by atoms with E-state index >= 15 is 0 Å². The zero-order valence-electron chi connectivity index (χ0n) is 13.0. The molecule has 0 atom stereocenters. The second-order valence-corrected chi connectivity index (χ2v) is 6.44. The number of nitrogens with one attached hydrogen (secondary N) is 1. The molecule has 3 aromatic rings. The fourth-order valence-corrected chi connectivity index (χ4v) is 3.00. The summed E-state index contributed by atoms with van der Waals surface area (Å²) in [5, 5.41) is 5.66. The van der Waals surface area contributed by atoms with Gasteiger partial charge in [-0.15, -0.1) is 11.3 Å². The van der Waals surface area contributed by atoms with Crippen molar-refractivity contribution in [2.45, 2.75) is 6.92 Å². The van der Waals surface area contributed by atoms with Crippen LogP contribution in [-0.4, -0.2) is 17.5 Å². The van der Waals surface area contributed by atoms with Crippen LogP contribution in [0.3, 0.4) is 0 Å². The summed E-state index contributed by atoms with van der Waals surface area (Å²) in [7, 11) is 0. The molecule has 4 nitrogen and oxygen atoms in total. The molecule has 0 radical (unpaired) electrons. The standard InChI is InChI=1S/C18H15ClN2O2S/c1-12-7-8-14(19)16(9-12)23-10-17(22)21-18-20-15(11-24-18)13-5-3-2-4-6-13/h2-9,11H,10H2,1H3,(H,20,21,22). The van der Waals surface area contributed by atoms with Gasteiger partial charge in [-0.25, -0.2) is 4.98 Å². The van der Waals surface area contributed by atoms with E-state index in [0.29, 0.717) is 15.9 Å². The van der Waals surface area contributed by atoms with Crippen LogP contribution in [-0.2, 0) is 4.79 Å². The number of rotatable bonds is 5. The highest BCUT2D eigenvalue weighted by atomic mass is 35.5. The summed E-state index contributed by atoms with van der Waals surface area (Å²) in [6.07, 6.45) is 0. The van der Waals surface area contributed by atoms with Crippen molar-refractivity contribution in [2.24, 2.45) is 0 Å². The maximum atomic E-state index is 12.0. The molecule has 0 bridgehead atoms. The van der Waals surface area contributed by atoms with Crippen molar-refractivity contribution < 1.29 is 9.53 Å². The molecule has 0 unspecified atom stereocenters. The van der Waals surface area contributed by atoms with Crippen LogP contribution in [0.25, 0.3) is 11.3 Å². The van der Waals surface area contributed by atoms with Gasteiger partial charge in [-0.05, 0) is 24.6 Å². The molecule has 0 aliphatic heterocycles. The number of hydrogen-bond acceptors (Lipinski definition) is 4. The van der Waals surface area contributed by atoms with Crippen molar-refractivity contribution in [3.63, 3.8) is 0 Å². The zero-order chi connectivity index (χ0) is 16.9. The molecule has 0 fully saturated rings. The van der Waals surface area contributed by atoms with E-state index in [1.165, 1.54) is 11.3 Å². The summed E-state index contributed by atoms with van der Waals surface area (Å²) < 4.78 is 5.48. The van der Waals surface area contributed by atoms with Gasteiger partial charge in [-0.1, -0.05) is 48.0 Å². The first-order chi connectivity index (χ1) is 11.6. The van der Waals surface area contributed by atoms with E-state index in [1.54, 1.807) is 12.1 Å². The predicted molar refractivity (Wildman–Crippen MR) is 97.9 cm³/mol. The maximum absolute atomic E-state index is 12.0. The summed E-state index contributed by atoms with van der Waals surface area (Å²) in [5.74, 6) is 0.220. The molecular formula is C18H15ClN2O2S. The number of benzene rings is 2. The van der Waals surface area contributed by atoms with E-state index in [-0.39, 0.29) is 12.5 Å². The largest absolute Gasteiger partial charge is 0.482 e. The van der Waals surface area contributed by atoms with Gasteiger partial charge in [-0.2, -0.15) is 0 Å². The highest BCUT2D eigenvalue weighted by molar-refractivity contribution is 7.14. The Hall–Kier alpha value is -2.37. The number of thiazole rings is 1. The quantitative estimate of drug-likeness (QED) is 0.713. The van der Waals surface area contributed by atoms with Crippen LogP contribution in [0, 0.1) is 6.92 Å². The number of nitrogens with zero attached hydrogens (tertiary/aromatic N) is 1. The second-order valence-electron chi connectivity index (χ2n) is 5.17. The molecule has 0 saturated carbocycles. The minimum absolute atomic E-state index is 0.122. The zero-order valence-corrected chi connectivity index (χ0v) is 14.5. The first-order valence-electron chi connectivity index (χ1n) is 7.31. The van der Waals surface area contributed by atoms with Crippen LogP contribution < -0.4 is 10.1 Å². The van der Waals surface area contributed by atoms with Crippen molar-refractivity contribution in [1.82, 2.24) is 4.98 Å². The van der Waals surface area contributed by atoms with Crippen LogP contribution in [0.15, 0.2) is 53.9 Å². The van der Waals surface area contributed by atoms with Gasteiger partial charge in [0.05, 0.1) is 10.7 Å². The summed E-state index contributed by atoms with van der Waals surface area (Å²) >= 11 is 7.42. The Morgan fingerprint density at radius 1 is 1.25 bits per heavy atom. The Morgan fingerprint density at radius 3 is 2.83 bits per heavy atom. The van der Waals surface area contributed by atoms with Crippen molar-refractivity contribution >= 4 is 34.0 Å². The normalized spacial score (nSPS) is 10.4. The van der Waals surface area contributed by atoms with Gasteiger partial charge < -0.3 is 4.74 Å².